The zero-order valence-electron chi connectivity index (χ0n) is 8.69. The number of nitrogens with one attached hydrogen (secondary N) is 1. The lowest BCUT2D eigenvalue weighted by molar-refractivity contribution is -0.110. The van der Waals surface area contributed by atoms with Gasteiger partial charge >= 0.3 is 0 Å². The molecule has 0 bridgehead atoms. The van der Waals surface area contributed by atoms with Crippen LogP contribution in [-0.4, -0.2) is 28.4 Å². The Labute approximate surface area is 87.0 Å². The van der Waals surface area contributed by atoms with Crippen molar-refractivity contribution in [2.24, 2.45) is 0 Å². The average molecular weight is 211 g/mol. The maximum absolute atomic E-state index is 11.7. The predicted molar refractivity (Wildman–Crippen MR) is 51.3 cm³/mol. The summed E-state index contributed by atoms with van der Waals surface area (Å²) in [6.45, 7) is 3.64. The molecule has 0 aliphatic carbocycles. The van der Waals surface area contributed by atoms with E-state index < -0.39 is 6.04 Å². The highest BCUT2D eigenvalue weighted by Gasteiger charge is 2.22. The van der Waals surface area contributed by atoms with Gasteiger partial charge in [-0.1, -0.05) is 19.0 Å². The van der Waals surface area contributed by atoms with E-state index in [0.717, 1.165) is 0 Å². The predicted octanol–water partition coefficient (Wildman–Crippen LogP) is 0.339. The van der Waals surface area contributed by atoms with E-state index in [2.05, 4.69) is 15.5 Å². The summed E-state index contributed by atoms with van der Waals surface area (Å²) in [5.41, 5.74) is 0. The quantitative estimate of drug-likeness (QED) is 0.541. The van der Waals surface area contributed by atoms with Gasteiger partial charge in [0.1, 0.15) is 0 Å². The Morgan fingerprint density at radius 3 is 2.80 bits per heavy atom. The number of rotatable bonds is 6. The highest BCUT2D eigenvalue weighted by atomic mass is 16.5. The third-order valence-electron chi connectivity index (χ3n) is 1.98. The molecule has 1 aromatic rings. The molecule has 0 spiro atoms. The third-order valence-corrected chi connectivity index (χ3v) is 1.98. The lowest BCUT2D eigenvalue weighted by Crippen LogP contribution is -2.35. The third kappa shape index (κ3) is 2.61. The van der Waals surface area contributed by atoms with Crippen molar-refractivity contribution in [2.45, 2.75) is 32.7 Å². The lowest BCUT2D eigenvalue weighted by Gasteiger charge is -2.08. The molecule has 0 radical (unpaired) electrons. The van der Waals surface area contributed by atoms with Crippen molar-refractivity contribution in [3.8, 4) is 0 Å². The summed E-state index contributed by atoms with van der Waals surface area (Å²) in [6.07, 6.45) is 1.57. The number of aryl methyl sites for hydroxylation is 1. The second kappa shape index (κ2) is 5.23. The fourth-order valence-electron chi connectivity index (χ4n) is 1.12. The van der Waals surface area contributed by atoms with E-state index in [4.69, 9.17) is 4.52 Å². The molecule has 0 saturated heterocycles. The topological polar surface area (TPSA) is 85.1 Å². The van der Waals surface area contributed by atoms with Gasteiger partial charge in [0.15, 0.2) is 0 Å². The van der Waals surface area contributed by atoms with Gasteiger partial charge in [0.05, 0.1) is 6.04 Å². The Bertz CT molecular complexity index is 348. The number of hydrogen-bond acceptors (Lipinski definition) is 5. The van der Waals surface area contributed by atoms with Crippen LogP contribution in [-0.2, 0) is 11.2 Å². The van der Waals surface area contributed by atoms with Crippen molar-refractivity contribution in [3.63, 3.8) is 0 Å². The van der Waals surface area contributed by atoms with Gasteiger partial charge < -0.3 is 9.84 Å². The molecule has 0 aliphatic heterocycles. The number of aromatic nitrogens is 2. The molecule has 15 heavy (non-hydrogen) atoms. The minimum atomic E-state index is -0.579. The van der Waals surface area contributed by atoms with Crippen LogP contribution in [0.3, 0.4) is 0 Å². The number of nitrogens with zero attached hydrogens (tertiary/aromatic N) is 2. The molecular formula is C9H13N3O3. The van der Waals surface area contributed by atoms with Crippen LogP contribution < -0.4 is 5.32 Å². The molecule has 6 heteroatoms. The largest absolute Gasteiger partial charge is 0.348 e. The molecule has 0 saturated carbocycles. The van der Waals surface area contributed by atoms with Gasteiger partial charge in [-0.2, -0.15) is 4.98 Å². The molecule has 1 N–H and O–H groups in total. The molecule has 1 heterocycles. The molecule has 82 valence electrons. The van der Waals surface area contributed by atoms with Crippen LogP contribution >= 0.6 is 0 Å². The van der Waals surface area contributed by atoms with E-state index in [-0.39, 0.29) is 11.6 Å². The van der Waals surface area contributed by atoms with Gasteiger partial charge in [-0.25, -0.2) is 0 Å². The maximum atomic E-state index is 11.7. The Balaban J connectivity index is 2.77. The zero-order valence-corrected chi connectivity index (χ0v) is 8.69. The van der Waals surface area contributed by atoms with Crippen molar-refractivity contribution in [1.29, 1.82) is 0 Å². The van der Waals surface area contributed by atoms with Crippen molar-refractivity contribution in [2.75, 3.05) is 0 Å². The monoisotopic (exact) mass is 211 g/mol. The van der Waals surface area contributed by atoms with Crippen molar-refractivity contribution in [3.05, 3.63) is 11.7 Å². The first-order chi connectivity index (χ1) is 7.22. The summed E-state index contributed by atoms with van der Waals surface area (Å²) in [6, 6.07) is -0.579. The summed E-state index contributed by atoms with van der Waals surface area (Å²) in [7, 11) is 0. The van der Waals surface area contributed by atoms with Crippen molar-refractivity contribution < 1.29 is 14.1 Å². The van der Waals surface area contributed by atoms with Crippen LogP contribution in [0, 0.1) is 0 Å². The second-order valence-corrected chi connectivity index (χ2v) is 2.97. The summed E-state index contributed by atoms with van der Waals surface area (Å²) < 4.78 is 4.81. The minimum Gasteiger partial charge on any atom is -0.348 e. The number of amides is 1. The smallest absolute Gasteiger partial charge is 0.240 e. The van der Waals surface area contributed by atoms with Gasteiger partial charge in [-0.3, -0.25) is 9.59 Å². The molecule has 0 aliphatic rings. The summed E-state index contributed by atoms with van der Waals surface area (Å²) in [5, 5.41) is 5.95. The van der Waals surface area contributed by atoms with Gasteiger partial charge in [0, 0.05) is 6.42 Å². The van der Waals surface area contributed by atoms with Crippen molar-refractivity contribution >= 4 is 12.2 Å². The van der Waals surface area contributed by atoms with E-state index in [0.29, 0.717) is 25.1 Å². The summed E-state index contributed by atoms with van der Waals surface area (Å²) in [4.78, 5) is 25.8. The normalized spacial score (nSPS) is 12.1. The van der Waals surface area contributed by atoms with Crippen LogP contribution in [0.1, 0.15) is 36.8 Å². The first kappa shape index (κ1) is 11.4. The van der Waals surface area contributed by atoms with Crippen LogP contribution in [0.25, 0.3) is 0 Å². The first-order valence-corrected chi connectivity index (χ1v) is 4.79. The van der Waals surface area contributed by atoms with E-state index in [9.17, 15) is 9.59 Å². The highest BCUT2D eigenvalue weighted by molar-refractivity contribution is 5.97. The fraction of sp³-hybridized carbons (Fsp3) is 0.556. The molecule has 1 rings (SSSR count). The summed E-state index contributed by atoms with van der Waals surface area (Å²) in [5.74, 6) is 0.111. The van der Waals surface area contributed by atoms with Gasteiger partial charge in [0.25, 0.3) is 0 Å². The molecule has 1 amide bonds. The number of hydrogen-bond donors (Lipinski definition) is 1. The average Bonchev–Trinajstić information content (AvgIpc) is 2.73. The Hall–Kier alpha value is -1.72. The van der Waals surface area contributed by atoms with Gasteiger partial charge in [-0.05, 0) is 6.42 Å². The zero-order chi connectivity index (χ0) is 11.3. The Morgan fingerprint density at radius 1 is 1.60 bits per heavy atom. The number of ketones is 1. The second-order valence-electron chi connectivity index (χ2n) is 2.97. The van der Waals surface area contributed by atoms with Crippen LogP contribution in [0.15, 0.2) is 4.52 Å². The molecule has 0 aromatic carbocycles. The van der Waals surface area contributed by atoms with E-state index in [1.54, 1.807) is 6.92 Å². The number of carbonyl (C=O) groups is 2. The Morgan fingerprint density at radius 2 is 2.33 bits per heavy atom. The van der Waals surface area contributed by atoms with Crippen molar-refractivity contribution in [1.82, 2.24) is 15.5 Å². The molecular weight excluding hydrogens is 198 g/mol. The molecule has 0 fully saturated rings. The van der Waals surface area contributed by atoms with Gasteiger partial charge in [0.2, 0.25) is 23.9 Å². The first-order valence-electron chi connectivity index (χ1n) is 4.79. The van der Waals surface area contributed by atoms with Gasteiger partial charge in [-0.15, -0.1) is 0 Å². The Kier molecular flexibility index (Phi) is 3.96. The van der Waals surface area contributed by atoms with Crippen LogP contribution in [0.5, 0.6) is 0 Å². The van der Waals surface area contributed by atoms with Crippen LogP contribution in [0.4, 0.5) is 0 Å². The highest BCUT2D eigenvalue weighted by Crippen LogP contribution is 2.03. The molecule has 1 unspecified atom stereocenters. The number of carbonyl (C=O) groups excluding carboxylic acids is 2. The lowest BCUT2D eigenvalue weighted by atomic mass is 10.1. The SMILES string of the molecule is CCc1nc(C(=O)C(CC)NC=O)no1. The minimum absolute atomic E-state index is 0.0213. The summed E-state index contributed by atoms with van der Waals surface area (Å²) >= 11 is 0. The maximum Gasteiger partial charge on any atom is 0.240 e. The number of Topliss-reactive ketones (excluding diaryl/α,β-unsaturated/α-hetero) is 1. The van der Waals surface area contributed by atoms with E-state index in [1.807, 2.05) is 6.92 Å². The standard InChI is InChI=1S/C9H13N3O3/c1-3-6(10-5-13)8(14)9-11-7(4-2)15-12-9/h5-6H,3-4H2,1-2H3,(H,10,13). The molecule has 1 atom stereocenters. The van der Waals surface area contributed by atoms with E-state index in [1.165, 1.54) is 0 Å². The fourth-order valence-corrected chi connectivity index (χ4v) is 1.12. The van der Waals surface area contributed by atoms with Crippen LogP contribution in [0.2, 0.25) is 0 Å². The van der Waals surface area contributed by atoms with E-state index >= 15 is 0 Å². The molecule has 1 aromatic heterocycles. The molecule has 6 nitrogen and oxygen atoms in total.